The summed E-state index contributed by atoms with van der Waals surface area (Å²) in [6.07, 6.45) is 2.43. The molecule has 0 atom stereocenters. The number of nitrogens with one attached hydrogen (secondary N) is 1. The molecule has 1 aromatic heterocycles. The van der Waals surface area contributed by atoms with Crippen molar-refractivity contribution in [3.05, 3.63) is 35.7 Å². The van der Waals surface area contributed by atoms with E-state index in [2.05, 4.69) is 29.2 Å². The smallest absolute Gasteiger partial charge is 0.0232 e. The maximum atomic E-state index is 3.43. The minimum absolute atomic E-state index is 1.21. The fourth-order valence-electron chi connectivity index (χ4n) is 1.97. The Bertz CT molecular complexity index is 374. The van der Waals surface area contributed by atoms with Gasteiger partial charge in [-0.1, -0.05) is 24.3 Å². The first-order valence-electron chi connectivity index (χ1n) is 4.03. The van der Waals surface area contributed by atoms with Gasteiger partial charge in [-0.25, -0.2) is 0 Å². The normalized spacial score (nSPS) is 14.5. The maximum absolute atomic E-state index is 3.43. The summed E-state index contributed by atoms with van der Waals surface area (Å²) in [4.78, 5) is 3.43. The van der Waals surface area contributed by atoms with Crippen LogP contribution < -0.4 is 0 Å². The predicted octanol–water partition coefficient (Wildman–Crippen LogP) is 2.27. The average molecular weight is 143 g/mol. The molecule has 0 fully saturated rings. The molecule has 0 saturated carbocycles. The second-order valence-corrected chi connectivity index (χ2v) is 3.13. The van der Waals surface area contributed by atoms with E-state index in [9.17, 15) is 0 Å². The van der Waals surface area contributed by atoms with Gasteiger partial charge in [-0.3, -0.25) is 0 Å². The molecule has 0 radical (unpaired) electrons. The highest BCUT2D eigenvalue weighted by Crippen LogP contribution is 2.29. The van der Waals surface area contributed by atoms with Gasteiger partial charge in [0.05, 0.1) is 0 Å². The molecule has 0 saturated heterocycles. The molecular formula is C10H9N. The largest absolute Gasteiger partial charge is 0.361 e. The Balaban J connectivity index is 2.58. The van der Waals surface area contributed by atoms with Gasteiger partial charge < -0.3 is 4.98 Å². The molecule has 0 amide bonds. The fourth-order valence-corrected chi connectivity index (χ4v) is 1.97. The van der Waals surface area contributed by atoms with Crippen molar-refractivity contribution in [2.24, 2.45) is 0 Å². The lowest BCUT2D eigenvalue weighted by Gasteiger charge is -1.99. The van der Waals surface area contributed by atoms with Gasteiger partial charge in [0.25, 0.3) is 0 Å². The third-order valence-electron chi connectivity index (χ3n) is 2.50. The zero-order chi connectivity index (χ0) is 7.26. The first-order chi connectivity index (χ1) is 5.45. The SMILES string of the molecule is c1ccc2c3[nH]c(c2c1)CC3. The van der Waals surface area contributed by atoms with E-state index in [1.807, 2.05) is 0 Å². The number of fused-ring (bicyclic) bond motifs is 5. The average Bonchev–Trinajstić information content (AvgIpc) is 2.64. The van der Waals surface area contributed by atoms with Crippen LogP contribution in [0.3, 0.4) is 0 Å². The zero-order valence-corrected chi connectivity index (χ0v) is 6.22. The molecular weight excluding hydrogens is 134 g/mol. The van der Waals surface area contributed by atoms with Crippen molar-refractivity contribution in [3.8, 4) is 0 Å². The minimum Gasteiger partial charge on any atom is -0.361 e. The van der Waals surface area contributed by atoms with E-state index in [1.54, 1.807) is 0 Å². The first-order valence-corrected chi connectivity index (χ1v) is 4.03. The Labute approximate surface area is 65.0 Å². The molecule has 1 aliphatic heterocycles. The zero-order valence-electron chi connectivity index (χ0n) is 6.22. The number of rotatable bonds is 0. The molecule has 0 spiro atoms. The lowest BCUT2D eigenvalue weighted by atomic mass is 10.0. The van der Waals surface area contributed by atoms with Crippen molar-refractivity contribution in [3.63, 3.8) is 0 Å². The van der Waals surface area contributed by atoms with E-state index in [-0.39, 0.29) is 0 Å². The highest BCUT2D eigenvalue weighted by atomic mass is 14.8. The Kier molecular flexibility index (Phi) is 0.823. The van der Waals surface area contributed by atoms with E-state index in [1.165, 1.54) is 35.0 Å². The second kappa shape index (κ2) is 1.67. The van der Waals surface area contributed by atoms with Crippen molar-refractivity contribution in [1.29, 1.82) is 0 Å². The predicted molar refractivity (Wildman–Crippen MR) is 45.7 cm³/mol. The van der Waals surface area contributed by atoms with E-state index < -0.39 is 0 Å². The van der Waals surface area contributed by atoms with Gasteiger partial charge in [-0.05, 0) is 12.8 Å². The van der Waals surface area contributed by atoms with Crippen LogP contribution in [-0.2, 0) is 12.8 Å². The van der Waals surface area contributed by atoms with Crippen LogP contribution >= 0.6 is 0 Å². The summed E-state index contributed by atoms with van der Waals surface area (Å²) in [7, 11) is 0. The molecule has 1 aliphatic rings. The topological polar surface area (TPSA) is 15.8 Å². The summed E-state index contributed by atoms with van der Waals surface area (Å²) in [5.41, 5.74) is 2.85. The van der Waals surface area contributed by atoms with Crippen LogP contribution in [0.1, 0.15) is 11.4 Å². The van der Waals surface area contributed by atoms with Crippen LogP contribution in [0, 0.1) is 0 Å². The number of aromatic amines is 1. The number of benzene rings is 1. The number of aryl methyl sites for hydroxylation is 2. The van der Waals surface area contributed by atoms with Crippen LogP contribution in [-0.4, -0.2) is 4.98 Å². The van der Waals surface area contributed by atoms with E-state index in [0.717, 1.165) is 0 Å². The Morgan fingerprint density at radius 1 is 0.909 bits per heavy atom. The van der Waals surface area contributed by atoms with Gasteiger partial charge in [0, 0.05) is 22.2 Å². The molecule has 0 unspecified atom stereocenters. The molecule has 2 aromatic rings. The summed E-state index contributed by atoms with van der Waals surface area (Å²) in [6.45, 7) is 0. The van der Waals surface area contributed by atoms with Crippen molar-refractivity contribution in [2.45, 2.75) is 12.8 Å². The monoisotopic (exact) mass is 143 g/mol. The molecule has 1 aromatic carbocycles. The van der Waals surface area contributed by atoms with Crippen molar-refractivity contribution in [2.75, 3.05) is 0 Å². The standard InChI is InChI=1S/C10H9N/c1-2-4-8-7(3-1)9-5-6-10(8)11-9/h1-4,11H,5-6H2. The lowest BCUT2D eigenvalue weighted by Crippen LogP contribution is -1.86. The molecule has 1 N–H and O–H groups in total. The third kappa shape index (κ3) is 0.559. The molecule has 54 valence electrons. The highest BCUT2D eigenvalue weighted by molar-refractivity contribution is 5.89. The second-order valence-electron chi connectivity index (χ2n) is 3.13. The molecule has 3 rings (SSSR count). The summed E-state index contributed by atoms with van der Waals surface area (Å²) >= 11 is 0. The Morgan fingerprint density at radius 3 is 2.00 bits per heavy atom. The number of aromatic nitrogens is 1. The van der Waals surface area contributed by atoms with Crippen LogP contribution in [0.4, 0.5) is 0 Å². The van der Waals surface area contributed by atoms with Crippen LogP contribution in [0.25, 0.3) is 10.8 Å². The van der Waals surface area contributed by atoms with Crippen molar-refractivity contribution < 1.29 is 0 Å². The van der Waals surface area contributed by atoms with Gasteiger partial charge in [0.15, 0.2) is 0 Å². The van der Waals surface area contributed by atoms with Crippen LogP contribution in [0.15, 0.2) is 24.3 Å². The molecule has 0 aliphatic carbocycles. The van der Waals surface area contributed by atoms with Crippen LogP contribution in [0.5, 0.6) is 0 Å². The van der Waals surface area contributed by atoms with Gasteiger partial charge in [-0.2, -0.15) is 0 Å². The van der Waals surface area contributed by atoms with Crippen molar-refractivity contribution >= 4 is 10.8 Å². The van der Waals surface area contributed by atoms with E-state index in [0.29, 0.717) is 0 Å². The van der Waals surface area contributed by atoms with Gasteiger partial charge in [0.1, 0.15) is 0 Å². The lowest BCUT2D eigenvalue weighted by molar-refractivity contribution is 1.03. The van der Waals surface area contributed by atoms with E-state index >= 15 is 0 Å². The Hall–Kier alpha value is -1.24. The minimum atomic E-state index is 1.21. The molecule has 2 bridgehead atoms. The molecule has 1 nitrogen and oxygen atoms in total. The summed E-state index contributed by atoms with van der Waals surface area (Å²) in [5.74, 6) is 0. The number of H-pyrrole nitrogens is 1. The summed E-state index contributed by atoms with van der Waals surface area (Å²) < 4.78 is 0. The highest BCUT2D eigenvalue weighted by Gasteiger charge is 2.15. The maximum Gasteiger partial charge on any atom is 0.0232 e. The van der Waals surface area contributed by atoms with E-state index in [4.69, 9.17) is 0 Å². The fraction of sp³-hybridized carbons (Fsp3) is 0.200. The summed E-state index contributed by atoms with van der Waals surface area (Å²) in [6, 6.07) is 8.61. The van der Waals surface area contributed by atoms with Crippen LogP contribution in [0.2, 0.25) is 0 Å². The quantitative estimate of drug-likeness (QED) is 0.582. The summed E-state index contributed by atoms with van der Waals surface area (Å²) in [5, 5.41) is 2.85. The first kappa shape index (κ1) is 5.42. The number of hydrogen-bond acceptors (Lipinski definition) is 0. The van der Waals surface area contributed by atoms with Gasteiger partial charge in [0.2, 0.25) is 0 Å². The molecule has 2 heterocycles. The third-order valence-corrected chi connectivity index (χ3v) is 2.50. The van der Waals surface area contributed by atoms with Gasteiger partial charge in [-0.15, -0.1) is 0 Å². The molecule has 11 heavy (non-hydrogen) atoms. The Morgan fingerprint density at radius 2 is 1.45 bits per heavy atom. The van der Waals surface area contributed by atoms with Gasteiger partial charge >= 0.3 is 0 Å². The number of hydrogen-bond donors (Lipinski definition) is 1. The molecule has 1 heteroatoms. The van der Waals surface area contributed by atoms with Crippen molar-refractivity contribution in [1.82, 2.24) is 4.98 Å².